The molecule has 0 aromatic heterocycles. The molecule has 0 radical (unpaired) electrons. The van der Waals surface area contributed by atoms with E-state index in [-0.39, 0.29) is 81.7 Å². The highest BCUT2D eigenvalue weighted by Gasteiger charge is 2.34. The molecular weight excluding hydrogens is 560 g/mol. The molecule has 0 spiro atoms. The van der Waals surface area contributed by atoms with Gasteiger partial charge in [0, 0.05) is 10.5 Å². The molecule has 2 unspecified atom stereocenters. The number of rotatable bonds is 2. The molecule has 2 atom stereocenters. The van der Waals surface area contributed by atoms with Crippen molar-refractivity contribution in [2.45, 2.75) is 128 Å². The van der Waals surface area contributed by atoms with Crippen LogP contribution in [0.4, 0.5) is 0 Å². The topological polar surface area (TPSA) is 93.1 Å². The highest BCUT2D eigenvalue weighted by Crippen LogP contribution is 2.50. The lowest BCUT2D eigenvalue weighted by molar-refractivity contribution is -0.152. The number of carbonyl (C=O) groups excluding carboxylic acids is 2. The summed E-state index contributed by atoms with van der Waals surface area (Å²) in [6, 6.07) is 8.01. The largest absolute Gasteiger partial charge is 0.507 e. The third kappa shape index (κ3) is 8.49. The zero-order chi connectivity index (χ0) is 32.7. The standard InChI is InChI=1S/C36H52O6S/c1-33(2,3)23-15-21(16-24(31(23)39)34(4,5)6)27-19-29(37)41-13-14-42-30(38)20-28(43-27)22-17-25(35(7,8)9)32(40)26(18-22)36(10,11)12/h15-18,27-28,39-40H,13-14,19-20H2,1-12H3. The van der Waals surface area contributed by atoms with Crippen molar-refractivity contribution in [1.82, 2.24) is 0 Å². The Labute approximate surface area is 263 Å². The third-order valence-electron chi connectivity index (χ3n) is 7.88. The first-order valence-corrected chi connectivity index (χ1v) is 16.2. The molecule has 7 heteroatoms. The van der Waals surface area contributed by atoms with Gasteiger partial charge >= 0.3 is 11.9 Å². The van der Waals surface area contributed by atoms with Crippen molar-refractivity contribution in [3.8, 4) is 11.5 Å². The molecule has 0 amide bonds. The molecule has 1 aliphatic rings. The number of hydrogen-bond acceptors (Lipinski definition) is 7. The second kappa shape index (κ2) is 12.4. The fourth-order valence-corrected chi connectivity index (χ4v) is 6.84. The summed E-state index contributed by atoms with van der Waals surface area (Å²) in [5.74, 6) is -0.186. The average Bonchev–Trinajstić information content (AvgIpc) is 2.86. The Balaban J connectivity index is 2.30. The van der Waals surface area contributed by atoms with Crippen molar-refractivity contribution >= 4 is 23.7 Å². The Morgan fingerprint density at radius 3 is 1.05 bits per heavy atom. The zero-order valence-electron chi connectivity index (χ0n) is 28.2. The van der Waals surface area contributed by atoms with Crippen LogP contribution in [0.25, 0.3) is 0 Å². The van der Waals surface area contributed by atoms with E-state index in [0.29, 0.717) is 0 Å². The molecule has 2 aromatic carbocycles. The Bertz CT molecular complexity index is 1170. The van der Waals surface area contributed by atoms with Gasteiger partial charge in [0.1, 0.15) is 24.7 Å². The van der Waals surface area contributed by atoms with Crippen molar-refractivity contribution in [1.29, 1.82) is 0 Å². The zero-order valence-corrected chi connectivity index (χ0v) is 29.0. The van der Waals surface area contributed by atoms with Crippen molar-refractivity contribution in [3.05, 3.63) is 57.6 Å². The average molecular weight is 613 g/mol. The number of phenolic OH excluding ortho intramolecular Hbond substituents is 2. The number of carbonyl (C=O) groups is 2. The summed E-state index contributed by atoms with van der Waals surface area (Å²) >= 11 is 1.54. The van der Waals surface area contributed by atoms with E-state index in [1.165, 1.54) is 11.8 Å². The number of aromatic hydroxyl groups is 2. The molecule has 6 nitrogen and oxygen atoms in total. The van der Waals surface area contributed by atoms with Gasteiger partial charge in [-0.05, 0) is 55.0 Å². The lowest BCUT2D eigenvalue weighted by Gasteiger charge is -2.32. The third-order valence-corrected chi connectivity index (χ3v) is 9.42. The molecule has 1 heterocycles. The number of benzene rings is 2. The van der Waals surface area contributed by atoms with E-state index in [1.807, 2.05) is 24.3 Å². The van der Waals surface area contributed by atoms with E-state index < -0.39 is 0 Å². The van der Waals surface area contributed by atoms with E-state index in [1.54, 1.807) is 0 Å². The molecular formula is C36H52O6S. The fraction of sp³-hybridized carbons (Fsp3) is 0.611. The maximum atomic E-state index is 13.1. The maximum absolute atomic E-state index is 13.1. The SMILES string of the molecule is CC(C)(C)c1cc(C2CC(=O)OCCOC(=O)CC(c3cc(C(C)(C)C)c(O)c(C(C)(C)C)c3)S2)cc(C(C)(C)C)c1O. The van der Waals surface area contributed by atoms with Crippen LogP contribution in [0.1, 0.15) is 140 Å². The minimum absolute atomic E-state index is 0.00421. The van der Waals surface area contributed by atoms with E-state index in [0.717, 1.165) is 33.4 Å². The van der Waals surface area contributed by atoms with Gasteiger partial charge in [-0.25, -0.2) is 0 Å². The first-order valence-electron chi connectivity index (χ1n) is 15.2. The number of hydrogen-bond donors (Lipinski definition) is 2. The molecule has 238 valence electrons. The molecule has 3 rings (SSSR count). The molecule has 0 aliphatic carbocycles. The summed E-state index contributed by atoms with van der Waals surface area (Å²) in [6.07, 6.45) is 0.202. The van der Waals surface area contributed by atoms with Gasteiger partial charge in [-0.3, -0.25) is 9.59 Å². The second-order valence-corrected chi connectivity index (χ2v) is 17.3. The monoisotopic (exact) mass is 612 g/mol. The van der Waals surface area contributed by atoms with Crippen molar-refractivity contribution in [2.24, 2.45) is 0 Å². The first kappa shape index (κ1) is 34.8. The molecule has 1 fully saturated rings. The van der Waals surface area contributed by atoms with Gasteiger partial charge in [0.05, 0.1) is 12.8 Å². The number of thioether (sulfide) groups is 1. The molecule has 43 heavy (non-hydrogen) atoms. The van der Waals surface area contributed by atoms with E-state index in [4.69, 9.17) is 9.47 Å². The van der Waals surface area contributed by atoms with Crippen LogP contribution >= 0.6 is 11.8 Å². The van der Waals surface area contributed by atoms with Crippen LogP contribution in [-0.2, 0) is 40.7 Å². The van der Waals surface area contributed by atoms with Crippen LogP contribution in [0.2, 0.25) is 0 Å². The summed E-state index contributed by atoms with van der Waals surface area (Å²) in [5, 5.41) is 22.0. The molecule has 2 N–H and O–H groups in total. The van der Waals surface area contributed by atoms with Crippen LogP contribution in [0.5, 0.6) is 11.5 Å². The van der Waals surface area contributed by atoms with Gasteiger partial charge in [0.25, 0.3) is 0 Å². The number of ether oxygens (including phenoxy) is 2. The van der Waals surface area contributed by atoms with Crippen LogP contribution in [0.3, 0.4) is 0 Å². The normalized spacial score (nSPS) is 19.8. The highest BCUT2D eigenvalue weighted by molar-refractivity contribution is 7.99. The lowest BCUT2D eigenvalue weighted by Crippen LogP contribution is -2.20. The molecule has 1 aliphatic heterocycles. The summed E-state index contributed by atoms with van der Waals surface area (Å²) in [4.78, 5) is 26.2. The Morgan fingerprint density at radius 1 is 0.558 bits per heavy atom. The van der Waals surface area contributed by atoms with Crippen LogP contribution < -0.4 is 0 Å². The number of cyclic esters (lactones) is 2. The molecule has 0 bridgehead atoms. The van der Waals surface area contributed by atoms with Gasteiger partial charge < -0.3 is 19.7 Å². The van der Waals surface area contributed by atoms with Crippen LogP contribution in [0, 0.1) is 0 Å². The van der Waals surface area contributed by atoms with E-state index >= 15 is 0 Å². The molecule has 0 saturated carbocycles. The van der Waals surface area contributed by atoms with E-state index in [2.05, 4.69) is 83.1 Å². The number of phenols is 2. The fourth-order valence-electron chi connectivity index (χ4n) is 5.39. The minimum Gasteiger partial charge on any atom is -0.507 e. The Kier molecular flexibility index (Phi) is 10.0. The predicted octanol–water partition coefficient (Wildman–Crippen LogP) is 8.68. The first-order chi connectivity index (χ1) is 19.5. The smallest absolute Gasteiger partial charge is 0.307 e. The maximum Gasteiger partial charge on any atom is 0.307 e. The van der Waals surface area contributed by atoms with Crippen LogP contribution in [-0.4, -0.2) is 35.4 Å². The van der Waals surface area contributed by atoms with E-state index in [9.17, 15) is 19.8 Å². The van der Waals surface area contributed by atoms with Crippen LogP contribution in [0.15, 0.2) is 24.3 Å². The summed E-state index contributed by atoms with van der Waals surface area (Å²) in [5.41, 5.74) is 3.66. The van der Waals surface area contributed by atoms with Gasteiger partial charge in [-0.1, -0.05) is 107 Å². The highest BCUT2D eigenvalue weighted by atomic mass is 32.2. The van der Waals surface area contributed by atoms with Gasteiger partial charge in [0.15, 0.2) is 0 Å². The molecule has 1 saturated heterocycles. The molecule has 2 aromatic rings. The quantitative estimate of drug-likeness (QED) is 0.328. The summed E-state index contributed by atoms with van der Waals surface area (Å²) in [7, 11) is 0. The minimum atomic E-state index is -0.367. The lowest BCUT2D eigenvalue weighted by atomic mass is 9.78. The van der Waals surface area contributed by atoms with Gasteiger partial charge in [0.2, 0.25) is 0 Å². The summed E-state index contributed by atoms with van der Waals surface area (Å²) < 4.78 is 10.9. The predicted molar refractivity (Wildman–Crippen MR) is 175 cm³/mol. The Hall–Kier alpha value is -2.67. The number of esters is 2. The Morgan fingerprint density at radius 2 is 0.814 bits per heavy atom. The van der Waals surface area contributed by atoms with Crippen molar-refractivity contribution < 1.29 is 29.3 Å². The van der Waals surface area contributed by atoms with Crippen molar-refractivity contribution in [2.75, 3.05) is 13.2 Å². The summed E-state index contributed by atoms with van der Waals surface area (Å²) in [6.45, 7) is 24.8. The van der Waals surface area contributed by atoms with Crippen molar-refractivity contribution in [3.63, 3.8) is 0 Å². The van der Waals surface area contributed by atoms with Gasteiger partial charge in [-0.15, -0.1) is 11.8 Å². The second-order valence-electron chi connectivity index (χ2n) is 15.9. The van der Waals surface area contributed by atoms with Gasteiger partial charge in [-0.2, -0.15) is 0 Å².